The fraction of sp³-hybridized carbons (Fsp3) is 0.833. The monoisotopic (exact) mass is 242 g/mol. The molecule has 0 bridgehead atoms. The molecule has 0 spiro atoms. The molecule has 17 heavy (non-hydrogen) atoms. The summed E-state index contributed by atoms with van der Waals surface area (Å²) in [4.78, 5) is 24.1. The lowest BCUT2D eigenvalue weighted by atomic mass is 10.2. The largest absolute Gasteiger partial charge is 0.481 e. The highest BCUT2D eigenvalue weighted by atomic mass is 16.4. The van der Waals surface area contributed by atoms with Crippen LogP contribution in [0.4, 0.5) is 4.79 Å². The first-order valence-electron chi connectivity index (χ1n) is 6.20. The average molecular weight is 242 g/mol. The number of nitrogens with one attached hydrogen (secondary N) is 1. The third-order valence-corrected chi connectivity index (χ3v) is 3.09. The van der Waals surface area contributed by atoms with Gasteiger partial charge in [0.25, 0.3) is 0 Å². The van der Waals surface area contributed by atoms with E-state index >= 15 is 0 Å². The minimum atomic E-state index is -0.815. The first-order valence-corrected chi connectivity index (χ1v) is 6.20. The summed E-state index contributed by atoms with van der Waals surface area (Å²) in [5.41, 5.74) is 0. The van der Waals surface area contributed by atoms with Crippen LogP contribution in [0.5, 0.6) is 0 Å². The molecular formula is C12H22N2O3. The van der Waals surface area contributed by atoms with Gasteiger partial charge in [0.2, 0.25) is 0 Å². The Morgan fingerprint density at radius 3 is 2.47 bits per heavy atom. The highest BCUT2D eigenvalue weighted by Gasteiger charge is 2.35. The molecule has 2 unspecified atom stereocenters. The highest BCUT2D eigenvalue weighted by molar-refractivity contribution is 5.75. The Labute approximate surface area is 102 Å². The van der Waals surface area contributed by atoms with Crippen LogP contribution in [0, 0.1) is 5.92 Å². The molecule has 2 amide bonds. The van der Waals surface area contributed by atoms with E-state index in [2.05, 4.69) is 12.2 Å². The molecule has 0 aliphatic heterocycles. The highest BCUT2D eigenvalue weighted by Crippen LogP contribution is 2.29. The SMILES string of the molecule is CC1CC1NC(=O)N(CCCC(=O)O)C(C)C. The molecule has 0 saturated heterocycles. The molecule has 0 radical (unpaired) electrons. The molecule has 0 aromatic rings. The van der Waals surface area contributed by atoms with Gasteiger partial charge in [-0.3, -0.25) is 4.79 Å². The summed E-state index contributed by atoms with van der Waals surface area (Å²) in [6.07, 6.45) is 1.66. The molecule has 5 nitrogen and oxygen atoms in total. The van der Waals surface area contributed by atoms with Gasteiger partial charge in [-0.1, -0.05) is 6.92 Å². The smallest absolute Gasteiger partial charge is 0.317 e. The van der Waals surface area contributed by atoms with Crippen LogP contribution in [0.3, 0.4) is 0 Å². The van der Waals surface area contributed by atoms with E-state index in [0.29, 0.717) is 24.9 Å². The number of amides is 2. The van der Waals surface area contributed by atoms with Crippen molar-refractivity contribution in [3.05, 3.63) is 0 Å². The average Bonchev–Trinajstić information content (AvgIpc) is 2.87. The van der Waals surface area contributed by atoms with Crippen LogP contribution in [0.25, 0.3) is 0 Å². The van der Waals surface area contributed by atoms with Gasteiger partial charge in [0.15, 0.2) is 0 Å². The number of rotatable bonds is 6. The fourth-order valence-electron chi connectivity index (χ4n) is 1.76. The van der Waals surface area contributed by atoms with Crippen molar-refractivity contribution in [3.63, 3.8) is 0 Å². The van der Waals surface area contributed by atoms with Gasteiger partial charge in [-0.25, -0.2) is 4.79 Å². The van der Waals surface area contributed by atoms with Gasteiger partial charge in [0.05, 0.1) is 0 Å². The molecule has 2 atom stereocenters. The van der Waals surface area contributed by atoms with Crippen molar-refractivity contribution < 1.29 is 14.7 Å². The summed E-state index contributed by atoms with van der Waals surface area (Å²) in [6.45, 7) is 6.49. The van der Waals surface area contributed by atoms with Gasteiger partial charge in [-0.15, -0.1) is 0 Å². The summed E-state index contributed by atoms with van der Waals surface area (Å²) in [7, 11) is 0. The molecule has 1 saturated carbocycles. The number of carboxylic acids is 1. The predicted molar refractivity (Wildman–Crippen MR) is 64.8 cm³/mol. The summed E-state index contributed by atoms with van der Waals surface area (Å²) in [5, 5.41) is 11.5. The van der Waals surface area contributed by atoms with Gasteiger partial charge < -0.3 is 15.3 Å². The van der Waals surface area contributed by atoms with E-state index in [1.165, 1.54) is 0 Å². The van der Waals surface area contributed by atoms with E-state index in [4.69, 9.17) is 5.11 Å². The lowest BCUT2D eigenvalue weighted by Gasteiger charge is -2.26. The number of aliphatic carboxylic acids is 1. The van der Waals surface area contributed by atoms with Crippen molar-refractivity contribution in [1.29, 1.82) is 0 Å². The van der Waals surface area contributed by atoms with E-state index < -0.39 is 5.97 Å². The van der Waals surface area contributed by atoms with E-state index in [-0.39, 0.29) is 18.5 Å². The molecule has 1 rings (SSSR count). The number of urea groups is 1. The van der Waals surface area contributed by atoms with E-state index in [1.807, 2.05) is 13.8 Å². The molecule has 98 valence electrons. The molecule has 0 aromatic heterocycles. The van der Waals surface area contributed by atoms with Gasteiger partial charge in [-0.2, -0.15) is 0 Å². The third-order valence-electron chi connectivity index (χ3n) is 3.09. The van der Waals surface area contributed by atoms with Crippen molar-refractivity contribution in [3.8, 4) is 0 Å². The normalized spacial score (nSPS) is 22.4. The zero-order chi connectivity index (χ0) is 13.0. The third kappa shape index (κ3) is 4.63. The van der Waals surface area contributed by atoms with Crippen molar-refractivity contribution >= 4 is 12.0 Å². The molecule has 1 aliphatic carbocycles. The van der Waals surface area contributed by atoms with Crippen LogP contribution >= 0.6 is 0 Å². The molecule has 2 N–H and O–H groups in total. The fourth-order valence-corrected chi connectivity index (χ4v) is 1.76. The topological polar surface area (TPSA) is 69.6 Å². The summed E-state index contributed by atoms with van der Waals surface area (Å²) >= 11 is 0. The second-order valence-corrected chi connectivity index (χ2v) is 5.05. The maximum absolute atomic E-state index is 11.9. The van der Waals surface area contributed by atoms with E-state index in [1.54, 1.807) is 4.90 Å². The maximum Gasteiger partial charge on any atom is 0.317 e. The van der Waals surface area contributed by atoms with Crippen molar-refractivity contribution in [2.75, 3.05) is 6.54 Å². The first-order chi connectivity index (χ1) is 7.91. The number of carbonyl (C=O) groups excluding carboxylic acids is 1. The number of carboxylic acid groups (broad SMARTS) is 1. The number of nitrogens with zero attached hydrogens (tertiary/aromatic N) is 1. The number of carbonyl (C=O) groups is 2. The summed E-state index contributed by atoms with van der Waals surface area (Å²) in [6, 6.07) is 0.334. The van der Waals surface area contributed by atoms with Gasteiger partial charge in [0.1, 0.15) is 0 Å². The Bertz CT molecular complexity index is 291. The molecule has 1 fully saturated rings. The van der Waals surface area contributed by atoms with E-state index in [9.17, 15) is 9.59 Å². The first kappa shape index (κ1) is 13.8. The standard InChI is InChI=1S/C12H22N2O3/c1-8(2)14(6-4-5-11(15)16)12(17)13-10-7-9(10)3/h8-10H,4-7H2,1-3H3,(H,13,17)(H,15,16). The van der Waals surface area contributed by atoms with Crippen LogP contribution in [0.1, 0.15) is 40.0 Å². The zero-order valence-electron chi connectivity index (χ0n) is 10.8. The van der Waals surface area contributed by atoms with E-state index in [0.717, 1.165) is 6.42 Å². The number of hydrogen-bond acceptors (Lipinski definition) is 2. The Morgan fingerprint density at radius 1 is 1.47 bits per heavy atom. The minimum Gasteiger partial charge on any atom is -0.481 e. The summed E-state index contributed by atoms with van der Waals surface area (Å²) < 4.78 is 0. The Kier molecular flexibility index (Phi) is 4.78. The lowest BCUT2D eigenvalue weighted by Crippen LogP contribution is -2.45. The predicted octanol–water partition coefficient (Wildman–Crippen LogP) is 1.68. The maximum atomic E-state index is 11.9. The van der Waals surface area contributed by atoms with Crippen LogP contribution in [-0.4, -0.2) is 40.6 Å². The van der Waals surface area contributed by atoms with Crippen LogP contribution < -0.4 is 5.32 Å². The molecule has 1 aliphatic rings. The second kappa shape index (κ2) is 5.89. The van der Waals surface area contributed by atoms with Gasteiger partial charge in [-0.05, 0) is 32.6 Å². The Morgan fingerprint density at radius 2 is 2.06 bits per heavy atom. The summed E-state index contributed by atoms with van der Waals surface area (Å²) in [5.74, 6) is -0.239. The molecule has 5 heteroatoms. The lowest BCUT2D eigenvalue weighted by molar-refractivity contribution is -0.137. The quantitative estimate of drug-likeness (QED) is 0.744. The van der Waals surface area contributed by atoms with Crippen LogP contribution in [0.2, 0.25) is 0 Å². The van der Waals surface area contributed by atoms with Crippen LogP contribution in [-0.2, 0) is 4.79 Å². The van der Waals surface area contributed by atoms with Crippen LogP contribution in [0.15, 0.2) is 0 Å². The Hall–Kier alpha value is -1.26. The Balaban J connectivity index is 2.35. The van der Waals surface area contributed by atoms with Gasteiger partial charge >= 0.3 is 12.0 Å². The van der Waals surface area contributed by atoms with Gasteiger partial charge in [0, 0.05) is 25.0 Å². The second-order valence-electron chi connectivity index (χ2n) is 5.05. The van der Waals surface area contributed by atoms with Crippen molar-refractivity contribution in [1.82, 2.24) is 10.2 Å². The molecule has 0 heterocycles. The molecular weight excluding hydrogens is 220 g/mol. The molecule has 0 aromatic carbocycles. The van der Waals surface area contributed by atoms with Crippen molar-refractivity contribution in [2.45, 2.75) is 52.1 Å². The van der Waals surface area contributed by atoms with Crippen molar-refractivity contribution in [2.24, 2.45) is 5.92 Å². The minimum absolute atomic E-state index is 0.0697. The zero-order valence-corrected chi connectivity index (χ0v) is 10.8. The number of hydrogen-bond donors (Lipinski definition) is 2.